The molecule has 0 bridgehead atoms. The van der Waals surface area contributed by atoms with Crippen LogP contribution in [0.5, 0.6) is 5.75 Å². The van der Waals surface area contributed by atoms with Crippen molar-refractivity contribution in [2.45, 2.75) is 26.5 Å². The smallest absolute Gasteiger partial charge is 0.169 e. The lowest BCUT2D eigenvalue weighted by Gasteiger charge is -2.14. The highest BCUT2D eigenvalue weighted by molar-refractivity contribution is 5.50. The van der Waals surface area contributed by atoms with E-state index < -0.39 is 0 Å². The Labute approximate surface area is 119 Å². The van der Waals surface area contributed by atoms with Crippen LogP contribution in [0, 0.1) is 11.3 Å². The average molecular weight is 267 g/mol. The highest BCUT2D eigenvalue weighted by Gasteiger charge is 2.06. The molecule has 0 aliphatic carbocycles. The van der Waals surface area contributed by atoms with Crippen LogP contribution in [0.25, 0.3) is 0 Å². The first kappa shape index (κ1) is 13.9. The van der Waals surface area contributed by atoms with Crippen LogP contribution >= 0.6 is 0 Å². The summed E-state index contributed by atoms with van der Waals surface area (Å²) in [6.45, 7) is 4.56. The standard InChI is InChI=1S/C16H17N3O/c1-12(2)20-15-7-4-8-18-16(15)19-11-14-6-3-5-13(9-14)10-17/h3-9,12H,11H2,1-2H3,(H,18,19). The number of aromatic nitrogens is 1. The van der Waals surface area contributed by atoms with Crippen molar-refractivity contribution in [3.05, 3.63) is 53.7 Å². The van der Waals surface area contributed by atoms with Gasteiger partial charge in [-0.1, -0.05) is 12.1 Å². The molecule has 102 valence electrons. The third kappa shape index (κ3) is 3.72. The Morgan fingerprint density at radius 2 is 2.15 bits per heavy atom. The third-order valence-electron chi connectivity index (χ3n) is 2.65. The van der Waals surface area contributed by atoms with Gasteiger partial charge in [0, 0.05) is 12.7 Å². The third-order valence-corrected chi connectivity index (χ3v) is 2.65. The molecule has 1 heterocycles. The largest absolute Gasteiger partial charge is 0.487 e. The lowest BCUT2D eigenvalue weighted by molar-refractivity contribution is 0.243. The van der Waals surface area contributed by atoms with Gasteiger partial charge in [0.25, 0.3) is 0 Å². The highest BCUT2D eigenvalue weighted by atomic mass is 16.5. The minimum absolute atomic E-state index is 0.0988. The van der Waals surface area contributed by atoms with Gasteiger partial charge in [-0.15, -0.1) is 0 Å². The van der Waals surface area contributed by atoms with Crippen LogP contribution in [0.4, 0.5) is 5.82 Å². The molecule has 0 aliphatic heterocycles. The first-order valence-electron chi connectivity index (χ1n) is 6.53. The molecule has 0 amide bonds. The summed E-state index contributed by atoms with van der Waals surface area (Å²) in [5.74, 6) is 1.45. The first-order valence-corrected chi connectivity index (χ1v) is 6.53. The Bertz CT molecular complexity index is 617. The van der Waals surface area contributed by atoms with Crippen LogP contribution in [0.1, 0.15) is 25.0 Å². The quantitative estimate of drug-likeness (QED) is 0.902. The molecule has 0 aliphatic rings. The molecule has 0 saturated carbocycles. The number of nitriles is 1. The van der Waals surface area contributed by atoms with Crippen LogP contribution in [0.3, 0.4) is 0 Å². The van der Waals surface area contributed by atoms with Gasteiger partial charge in [0.15, 0.2) is 11.6 Å². The van der Waals surface area contributed by atoms with E-state index in [4.69, 9.17) is 10.00 Å². The number of nitrogens with zero attached hydrogens (tertiary/aromatic N) is 2. The SMILES string of the molecule is CC(C)Oc1cccnc1NCc1cccc(C#N)c1. The molecular weight excluding hydrogens is 250 g/mol. The summed E-state index contributed by atoms with van der Waals surface area (Å²) >= 11 is 0. The Morgan fingerprint density at radius 1 is 1.30 bits per heavy atom. The zero-order valence-corrected chi connectivity index (χ0v) is 11.6. The summed E-state index contributed by atoms with van der Waals surface area (Å²) in [4.78, 5) is 4.29. The zero-order valence-electron chi connectivity index (χ0n) is 11.6. The molecule has 0 radical (unpaired) electrons. The van der Waals surface area contributed by atoms with Gasteiger partial charge in [-0.2, -0.15) is 5.26 Å². The van der Waals surface area contributed by atoms with Crippen molar-refractivity contribution in [3.8, 4) is 11.8 Å². The van der Waals surface area contributed by atoms with E-state index in [0.29, 0.717) is 17.9 Å². The van der Waals surface area contributed by atoms with Crippen LogP contribution in [-0.2, 0) is 6.54 Å². The summed E-state index contributed by atoms with van der Waals surface area (Å²) < 4.78 is 5.70. The second kappa shape index (κ2) is 6.58. The molecule has 0 saturated heterocycles. The fourth-order valence-electron chi connectivity index (χ4n) is 1.81. The maximum atomic E-state index is 8.89. The second-order valence-corrected chi connectivity index (χ2v) is 4.68. The Morgan fingerprint density at radius 3 is 2.90 bits per heavy atom. The van der Waals surface area contributed by atoms with E-state index in [1.807, 2.05) is 44.2 Å². The Balaban J connectivity index is 2.09. The van der Waals surface area contributed by atoms with Gasteiger partial charge in [0.2, 0.25) is 0 Å². The maximum Gasteiger partial charge on any atom is 0.169 e. The van der Waals surface area contributed by atoms with Crippen molar-refractivity contribution >= 4 is 5.82 Å². The molecule has 4 heteroatoms. The van der Waals surface area contributed by atoms with Crippen molar-refractivity contribution in [2.75, 3.05) is 5.32 Å². The molecule has 20 heavy (non-hydrogen) atoms. The molecule has 0 atom stereocenters. The number of rotatable bonds is 5. The van der Waals surface area contributed by atoms with Gasteiger partial charge in [-0.05, 0) is 43.7 Å². The van der Waals surface area contributed by atoms with Gasteiger partial charge < -0.3 is 10.1 Å². The maximum absolute atomic E-state index is 8.89. The highest BCUT2D eigenvalue weighted by Crippen LogP contribution is 2.22. The van der Waals surface area contributed by atoms with Gasteiger partial charge in [-0.3, -0.25) is 0 Å². The van der Waals surface area contributed by atoms with Crippen molar-refractivity contribution in [2.24, 2.45) is 0 Å². The minimum Gasteiger partial charge on any atom is -0.487 e. The topological polar surface area (TPSA) is 57.9 Å². The Hall–Kier alpha value is -2.54. The predicted octanol–water partition coefficient (Wildman–Crippen LogP) is 3.35. The fourth-order valence-corrected chi connectivity index (χ4v) is 1.81. The molecule has 1 N–H and O–H groups in total. The number of benzene rings is 1. The van der Waals surface area contributed by atoms with E-state index in [9.17, 15) is 0 Å². The van der Waals surface area contributed by atoms with Crippen molar-refractivity contribution in [3.63, 3.8) is 0 Å². The lowest BCUT2D eigenvalue weighted by atomic mass is 10.1. The number of hydrogen-bond acceptors (Lipinski definition) is 4. The lowest BCUT2D eigenvalue weighted by Crippen LogP contribution is -2.09. The second-order valence-electron chi connectivity index (χ2n) is 4.68. The van der Waals surface area contributed by atoms with E-state index >= 15 is 0 Å². The molecule has 4 nitrogen and oxygen atoms in total. The van der Waals surface area contributed by atoms with Crippen molar-refractivity contribution in [1.82, 2.24) is 4.98 Å². The molecule has 1 aromatic heterocycles. The molecular formula is C16H17N3O. The van der Waals surface area contributed by atoms with Crippen LogP contribution in [0.2, 0.25) is 0 Å². The van der Waals surface area contributed by atoms with Crippen LogP contribution < -0.4 is 10.1 Å². The summed E-state index contributed by atoms with van der Waals surface area (Å²) in [6, 6.07) is 13.4. The molecule has 0 unspecified atom stereocenters. The molecule has 0 spiro atoms. The van der Waals surface area contributed by atoms with Gasteiger partial charge in [0.1, 0.15) is 0 Å². The Kier molecular flexibility index (Phi) is 4.56. The van der Waals surface area contributed by atoms with E-state index in [1.54, 1.807) is 12.3 Å². The molecule has 1 aromatic carbocycles. The van der Waals surface area contributed by atoms with Crippen LogP contribution in [-0.4, -0.2) is 11.1 Å². The van der Waals surface area contributed by atoms with Gasteiger partial charge >= 0.3 is 0 Å². The van der Waals surface area contributed by atoms with E-state index in [-0.39, 0.29) is 6.10 Å². The summed E-state index contributed by atoms with van der Waals surface area (Å²) in [6.07, 6.45) is 1.82. The number of ether oxygens (including phenoxy) is 1. The van der Waals surface area contributed by atoms with Gasteiger partial charge in [-0.25, -0.2) is 4.98 Å². The minimum atomic E-state index is 0.0988. The van der Waals surface area contributed by atoms with E-state index in [2.05, 4.69) is 16.4 Å². The van der Waals surface area contributed by atoms with Crippen molar-refractivity contribution < 1.29 is 4.74 Å². The summed E-state index contributed by atoms with van der Waals surface area (Å²) in [5.41, 5.74) is 1.69. The number of nitrogens with one attached hydrogen (secondary N) is 1. The van der Waals surface area contributed by atoms with Crippen molar-refractivity contribution in [1.29, 1.82) is 5.26 Å². The van der Waals surface area contributed by atoms with Crippen LogP contribution in [0.15, 0.2) is 42.6 Å². The normalized spacial score (nSPS) is 10.1. The fraction of sp³-hybridized carbons (Fsp3) is 0.250. The summed E-state index contributed by atoms with van der Waals surface area (Å²) in [7, 11) is 0. The number of anilines is 1. The molecule has 2 aromatic rings. The monoisotopic (exact) mass is 267 g/mol. The van der Waals surface area contributed by atoms with Gasteiger partial charge in [0.05, 0.1) is 17.7 Å². The average Bonchev–Trinajstić information content (AvgIpc) is 2.46. The van der Waals surface area contributed by atoms with E-state index in [0.717, 1.165) is 11.3 Å². The number of hydrogen-bond donors (Lipinski definition) is 1. The molecule has 2 rings (SSSR count). The first-order chi connectivity index (χ1) is 9.69. The number of pyridine rings is 1. The molecule has 0 fully saturated rings. The zero-order chi connectivity index (χ0) is 14.4. The predicted molar refractivity (Wildman–Crippen MR) is 78.5 cm³/mol. The summed E-state index contributed by atoms with van der Waals surface area (Å²) in [5, 5.41) is 12.1. The van der Waals surface area contributed by atoms with E-state index in [1.165, 1.54) is 0 Å².